The van der Waals surface area contributed by atoms with Gasteiger partial charge in [-0.25, -0.2) is 14.3 Å². The van der Waals surface area contributed by atoms with Crippen molar-refractivity contribution in [1.29, 1.82) is 5.26 Å². The molecule has 6 nitrogen and oxygen atoms in total. The molecule has 0 radical (unpaired) electrons. The number of hydrogen-bond donors (Lipinski definition) is 3. The van der Waals surface area contributed by atoms with Crippen molar-refractivity contribution in [1.82, 2.24) is 15.2 Å². The van der Waals surface area contributed by atoms with E-state index in [1.165, 1.54) is 12.1 Å². The second kappa shape index (κ2) is 4.49. The van der Waals surface area contributed by atoms with Gasteiger partial charge in [-0.3, -0.25) is 4.98 Å². The fourth-order valence-corrected chi connectivity index (χ4v) is 1.30. The molecule has 0 amide bonds. The Morgan fingerprint density at radius 2 is 2.35 bits per heavy atom. The smallest absolute Gasteiger partial charge is 0.340 e. The summed E-state index contributed by atoms with van der Waals surface area (Å²) >= 11 is 0. The van der Waals surface area contributed by atoms with Gasteiger partial charge in [-0.1, -0.05) is 0 Å². The quantitative estimate of drug-likeness (QED) is 0.727. The molecule has 0 saturated carbocycles. The highest BCUT2D eigenvalue weighted by Crippen LogP contribution is 2.15. The molecular formula is C10H8FN5O. The first-order valence-corrected chi connectivity index (χ1v) is 4.76. The van der Waals surface area contributed by atoms with E-state index in [2.05, 4.69) is 20.5 Å². The summed E-state index contributed by atoms with van der Waals surface area (Å²) in [4.78, 5) is 13.2. The predicted molar refractivity (Wildman–Crippen MR) is 57.7 cm³/mol. The first kappa shape index (κ1) is 10.9. The van der Waals surface area contributed by atoms with Crippen molar-refractivity contribution in [2.75, 3.05) is 5.32 Å². The number of hydrogen-bond acceptors (Lipinski definition) is 4. The van der Waals surface area contributed by atoms with Gasteiger partial charge in [0.15, 0.2) is 0 Å². The van der Waals surface area contributed by atoms with Crippen LogP contribution < -0.4 is 11.0 Å². The lowest BCUT2D eigenvalue weighted by molar-refractivity contribution is 0.629. The molecule has 0 aliphatic heterocycles. The minimum Gasteiger partial charge on any atom is -0.375 e. The zero-order valence-electron chi connectivity index (χ0n) is 8.62. The minimum absolute atomic E-state index is 0.182. The van der Waals surface area contributed by atoms with Crippen molar-refractivity contribution in [3.63, 3.8) is 0 Å². The number of aromatic nitrogens is 3. The molecular weight excluding hydrogens is 225 g/mol. The molecule has 1 aromatic carbocycles. The van der Waals surface area contributed by atoms with Crippen molar-refractivity contribution >= 4 is 5.69 Å². The molecule has 0 atom stereocenters. The molecule has 0 aliphatic carbocycles. The van der Waals surface area contributed by atoms with Crippen LogP contribution >= 0.6 is 0 Å². The van der Waals surface area contributed by atoms with Crippen LogP contribution in [0.4, 0.5) is 10.1 Å². The van der Waals surface area contributed by atoms with E-state index in [-0.39, 0.29) is 17.8 Å². The van der Waals surface area contributed by atoms with Crippen LogP contribution in [-0.4, -0.2) is 15.2 Å². The maximum absolute atomic E-state index is 13.4. The van der Waals surface area contributed by atoms with E-state index in [0.29, 0.717) is 5.82 Å². The van der Waals surface area contributed by atoms with Gasteiger partial charge in [-0.2, -0.15) is 10.4 Å². The summed E-state index contributed by atoms with van der Waals surface area (Å²) < 4.78 is 13.4. The maximum atomic E-state index is 13.4. The molecule has 0 saturated heterocycles. The predicted octanol–water partition coefficient (Wildman–Crippen LogP) is 0.721. The number of aromatic amines is 2. The van der Waals surface area contributed by atoms with Gasteiger partial charge in [0.1, 0.15) is 11.6 Å². The van der Waals surface area contributed by atoms with Crippen LogP contribution in [0.2, 0.25) is 0 Å². The van der Waals surface area contributed by atoms with Crippen molar-refractivity contribution < 1.29 is 4.39 Å². The number of halogens is 1. The summed E-state index contributed by atoms with van der Waals surface area (Å²) in [7, 11) is 0. The summed E-state index contributed by atoms with van der Waals surface area (Å²) in [5.74, 6) is -0.152. The van der Waals surface area contributed by atoms with E-state index < -0.39 is 11.5 Å². The van der Waals surface area contributed by atoms with Crippen molar-refractivity contribution in [2.24, 2.45) is 0 Å². The number of nitrogens with one attached hydrogen (secondary N) is 3. The third-order valence-corrected chi connectivity index (χ3v) is 2.09. The standard InChI is InChI=1S/C10H8FN5O/c11-7-3-6(4-12)1-2-8(7)13-5-9-14-10(17)16-15-9/h1-3,13H,5H2,(H2,14,15,16,17). The molecule has 2 rings (SSSR count). The molecule has 0 unspecified atom stereocenters. The number of nitriles is 1. The van der Waals surface area contributed by atoms with Crippen molar-refractivity contribution in [2.45, 2.75) is 6.54 Å². The Morgan fingerprint density at radius 1 is 1.53 bits per heavy atom. The van der Waals surface area contributed by atoms with Gasteiger partial charge in [0.25, 0.3) is 0 Å². The van der Waals surface area contributed by atoms with Gasteiger partial charge < -0.3 is 5.32 Å². The molecule has 1 aromatic heterocycles. The molecule has 86 valence electrons. The average molecular weight is 233 g/mol. The van der Waals surface area contributed by atoms with Crippen molar-refractivity contribution in [3.05, 3.63) is 45.9 Å². The lowest BCUT2D eigenvalue weighted by Crippen LogP contribution is -2.05. The highest BCUT2D eigenvalue weighted by Gasteiger charge is 2.04. The molecule has 1 heterocycles. The Bertz CT molecular complexity index is 624. The van der Waals surface area contributed by atoms with Gasteiger partial charge in [-0.15, -0.1) is 0 Å². The van der Waals surface area contributed by atoms with Gasteiger partial charge in [0.2, 0.25) is 0 Å². The lowest BCUT2D eigenvalue weighted by Gasteiger charge is -2.05. The number of nitrogens with zero attached hydrogens (tertiary/aromatic N) is 2. The first-order chi connectivity index (χ1) is 8.19. The normalized spacial score (nSPS) is 9.88. The SMILES string of the molecule is N#Cc1ccc(NCc2n[nH]c(=O)[nH]2)c(F)c1. The van der Waals surface area contributed by atoms with Gasteiger partial charge in [0, 0.05) is 0 Å². The molecule has 3 N–H and O–H groups in total. The van der Waals surface area contributed by atoms with Crippen LogP contribution in [0, 0.1) is 17.1 Å². The van der Waals surface area contributed by atoms with Crippen LogP contribution in [0.5, 0.6) is 0 Å². The molecule has 0 fully saturated rings. The molecule has 0 bridgehead atoms. The fourth-order valence-electron chi connectivity index (χ4n) is 1.30. The van der Waals surface area contributed by atoms with Crippen LogP contribution in [0.15, 0.2) is 23.0 Å². The number of benzene rings is 1. The molecule has 0 spiro atoms. The van der Waals surface area contributed by atoms with Crippen LogP contribution in [0.3, 0.4) is 0 Å². The summed E-state index contributed by atoms with van der Waals surface area (Å²) in [6, 6.07) is 5.93. The number of anilines is 1. The third kappa shape index (κ3) is 2.49. The van der Waals surface area contributed by atoms with E-state index in [4.69, 9.17) is 5.26 Å². The van der Waals surface area contributed by atoms with Crippen molar-refractivity contribution in [3.8, 4) is 6.07 Å². The average Bonchev–Trinajstić information content (AvgIpc) is 2.73. The zero-order chi connectivity index (χ0) is 12.3. The first-order valence-electron chi connectivity index (χ1n) is 4.76. The van der Waals surface area contributed by atoms with Gasteiger partial charge >= 0.3 is 5.69 Å². The Kier molecular flexibility index (Phi) is 2.87. The van der Waals surface area contributed by atoms with E-state index in [1.54, 1.807) is 0 Å². The molecule has 0 aliphatic rings. The van der Waals surface area contributed by atoms with E-state index in [9.17, 15) is 9.18 Å². The lowest BCUT2D eigenvalue weighted by atomic mass is 10.2. The molecule has 7 heteroatoms. The summed E-state index contributed by atoms with van der Waals surface area (Å²) in [6.45, 7) is 0.182. The second-order valence-corrected chi connectivity index (χ2v) is 3.28. The Hall–Kier alpha value is -2.62. The number of rotatable bonds is 3. The Balaban J connectivity index is 2.09. The second-order valence-electron chi connectivity index (χ2n) is 3.28. The fraction of sp³-hybridized carbons (Fsp3) is 0.100. The summed E-state index contributed by atoms with van der Waals surface area (Å²) in [6.07, 6.45) is 0. The minimum atomic E-state index is -0.526. The number of H-pyrrole nitrogens is 2. The Labute approximate surface area is 95.1 Å². The molecule has 17 heavy (non-hydrogen) atoms. The largest absolute Gasteiger partial charge is 0.375 e. The third-order valence-electron chi connectivity index (χ3n) is 2.09. The van der Waals surface area contributed by atoms with Crippen LogP contribution in [-0.2, 0) is 6.54 Å². The van der Waals surface area contributed by atoms with E-state index in [0.717, 1.165) is 6.07 Å². The van der Waals surface area contributed by atoms with E-state index >= 15 is 0 Å². The topological polar surface area (TPSA) is 97.4 Å². The highest BCUT2D eigenvalue weighted by molar-refractivity contribution is 5.48. The van der Waals surface area contributed by atoms with Gasteiger partial charge in [0.05, 0.1) is 23.9 Å². The maximum Gasteiger partial charge on any atom is 0.340 e. The Morgan fingerprint density at radius 3 is 2.94 bits per heavy atom. The van der Waals surface area contributed by atoms with E-state index in [1.807, 2.05) is 6.07 Å². The monoisotopic (exact) mass is 233 g/mol. The molecule has 2 aromatic rings. The van der Waals surface area contributed by atoms with Gasteiger partial charge in [-0.05, 0) is 18.2 Å². The van der Waals surface area contributed by atoms with Crippen LogP contribution in [0.25, 0.3) is 0 Å². The van der Waals surface area contributed by atoms with Crippen LogP contribution in [0.1, 0.15) is 11.4 Å². The highest BCUT2D eigenvalue weighted by atomic mass is 19.1. The zero-order valence-corrected chi connectivity index (χ0v) is 8.62. The summed E-state index contributed by atoms with van der Waals surface area (Å²) in [5, 5.41) is 17.2. The summed E-state index contributed by atoms with van der Waals surface area (Å²) in [5.41, 5.74) is 0.0798.